The Morgan fingerprint density at radius 2 is 1.86 bits per heavy atom. The zero-order valence-electron chi connectivity index (χ0n) is 11.7. The molecule has 0 bridgehead atoms. The number of carbonyl (C=O) groups is 1. The first kappa shape index (κ1) is 15.9. The number of hydrogen-bond acceptors (Lipinski definition) is 2. The quantitative estimate of drug-likeness (QED) is 0.857. The third-order valence-corrected chi connectivity index (χ3v) is 4.37. The number of nitrogens with zero attached hydrogens (tertiary/aromatic N) is 1. The summed E-state index contributed by atoms with van der Waals surface area (Å²) < 4.78 is 0.562. The molecule has 0 heterocycles. The van der Waals surface area contributed by atoms with Gasteiger partial charge in [0.15, 0.2) is 0 Å². The van der Waals surface area contributed by atoms with Crippen LogP contribution in [-0.4, -0.2) is 23.0 Å². The van der Waals surface area contributed by atoms with Gasteiger partial charge in [0.1, 0.15) is 5.75 Å². The summed E-state index contributed by atoms with van der Waals surface area (Å²) in [5.74, 6) is -0.103. The van der Waals surface area contributed by atoms with E-state index in [9.17, 15) is 9.90 Å². The molecule has 2 rings (SSSR count). The Balaban J connectivity index is 2.21. The monoisotopic (exact) mass is 367 g/mol. The molecule has 1 atom stereocenters. The fourth-order valence-electron chi connectivity index (χ4n) is 1.99. The van der Waals surface area contributed by atoms with E-state index in [-0.39, 0.29) is 17.7 Å². The van der Waals surface area contributed by atoms with E-state index >= 15 is 0 Å². The maximum atomic E-state index is 12.5. The van der Waals surface area contributed by atoms with E-state index in [0.29, 0.717) is 15.1 Å². The van der Waals surface area contributed by atoms with Crippen molar-refractivity contribution in [3.63, 3.8) is 0 Å². The second-order valence-corrected chi connectivity index (χ2v) is 6.10. The number of rotatable bonds is 3. The van der Waals surface area contributed by atoms with Gasteiger partial charge in [-0.2, -0.15) is 0 Å². The van der Waals surface area contributed by atoms with Crippen LogP contribution in [0.1, 0.15) is 28.9 Å². The van der Waals surface area contributed by atoms with Crippen molar-refractivity contribution in [2.45, 2.75) is 13.0 Å². The second-order valence-electron chi connectivity index (χ2n) is 4.81. The lowest BCUT2D eigenvalue weighted by Crippen LogP contribution is -2.29. The van der Waals surface area contributed by atoms with Crippen molar-refractivity contribution in [3.8, 4) is 5.75 Å². The van der Waals surface area contributed by atoms with Gasteiger partial charge in [-0.15, -0.1) is 0 Å². The molecule has 1 N–H and O–H groups in total. The van der Waals surface area contributed by atoms with Crippen molar-refractivity contribution in [1.29, 1.82) is 0 Å². The standard InChI is InChI=1S/C16H15BrClNO2/c1-10(11-3-6-13(18)7-4-11)19(2)16(21)12-5-8-14(17)15(20)9-12/h3-10,20H,1-2H3. The van der Waals surface area contributed by atoms with E-state index in [4.69, 9.17) is 11.6 Å². The van der Waals surface area contributed by atoms with Crippen molar-refractivity contribution in [3.05, 3.63) is 63.1 Å². The topological polar surface area (TPSA) is 40.5 Å². The lowest BCUT2D eigenvalue weighted by Gasteiger charge is -2.25. The van der Waals surface area contributed by atoms with Gasteiger partial charge in [-0.1, -0.05) is 23.7 Å². The largest absolute Gasteiger partial charge is 0.507 e. The summed E-state index contributed by atoms with van der Waals surface area (Å²) in [4.78, 5) is 14.1. The van der Waals surface area contributed by atoms with Crippen LogP contribution >= 0.6 is 27.5 Å². The van der Waals surface area contributed by atoms with E-state index in [1.807, 2.05) is 19.1 Å². The number of phenolic OH excluding ortho intramolecular Hbond substituents is 1. The average molecular weight is 369 g/mol. The first-order valence-electron chi connectivity index (χ1n) is 6.41. The molecule has 1 unspecified atom stereocenters. The third-order valence-electron chi connectivity index (χ3n) is 3.45. The van der Waals surface area contributed by atoms with E-state index in [0.717, 1.165) is 5.56 Å². The summed E-state index contributed by atoms with van der Waals surface area (Å²) in [7, 11) is 1.74. The van der Waals surface area contributed by atoms with Gasteiger partial charge in [-0.3, -0.25) is 4.79 Å². The van der Waals surface area contributed by atoms with Crippen LogP contribution in [0.25, 0.3) is 0 Å². The maximum absolute atomic E-state index is 12.5. The van der Waals surface area contributed by atoms with Gasteiger partial charge >= 0.3 is 0 Å². The van der Waals surface area contributed by atoms with Crippen LogP contribution in [0.5, 0.6) is 5.75 Å². The van der Waals surface area contributed by atoms with E-state index in [1.165, 1.54) is 6.07 Å². The van der Waals surface area contributed by atoms with Crippen molar-refractivity contribution >= 4 is 33.4 Å². The van der Waals surface area contributed by atoms with Crippen LogP contribution < -0.4 is 0 Å². The Morgan fingerprint density at radius 1 is 1.24 bits per heavy atom. The molecule has 0 spiro atoms. The number of hydrogen-bond donors (Lipinski definition) is 1. The minimum atomic E-state index is -0.153. The Labute approximate surface area is 137 Å². The molecule has 0 aromatic heterocycles. The van der Waals surface area contributed by atoms with Crippen molar-refractivity contribution in [2.24, 2.45) is 0 Å². The zero-order valence-corrected chi connectivity index (χ0v) is 14.0. The predicted molar refractivity (Wildman–Crippen MR) is 87.8 cm³/mol. The lowest BCUT2D eigenvalue weighted by molar-refractivity contribution is 0.0742. The highest BCUT2D eigenvalue weighted by molar-refractivity contribution is 9.10. The van der Waals surface area contributed by atoms with Crippen LogP contribution in [0.15, 0.2) is 46.9 Å². The van der Waals surface area contributed by atoms with Gasteiger partial charge in [0, 0.05) is 17.6 Å². The highest BCUT2D eigenvalue weighted by Crippen LogP contribution is 2.27. The fourth-order valence-corrected chi connectivity index (χ4v) is 2.36. The maximum Gasteiger partial charge on any atom is 0.254 e. The first-order valence-corrected chi connectivity index (χ1v) is 7.58. The molecule has 0 saturated carbocycles. The molecular formula is C16H15BrClNO2. The number of halogens is 2. The second kappa shape index (κ2) is 6.50. The molecule has 0 aliphatic heterocycles. The molecule has 3 nitrogen and oxygen atoms in total. The highest BCUT2D eigenvalue weighted by Gasteiger charge is 2.19. The van der Waals surface area contributed by atoms with Crippen molar-refractivity contribution < 1.29 is 9.90 Å². The normalized spacial score (nSPS) is 12.0. The fraction of sp³-hybridized carbons (Fsp3) is 0.188. The molecule has 1 amide bonds. The SMILES string of the molecule is CC(c1ccc(Cl)cc1)N(C)C(=O)c1ccc(Br)c(O)c1. The Morgan fingerprint density at radius 3 is 2.43 bits per heavy atom. The average Bonchev–Trinajstić information content (AvgIpc) is 2.48. The number of phenols is 1. The van der Waals surface area contributed by atoms with Crippen molar-refractivity contribution in [1.82, 2.24) is 4.90 Å². The molecule has 21 heavy (non-hydrogen) atoms. The molecule has 0 saturated heterocycles. The van der Waals surface area contributed by atoms with Gasteiger partial charge in [-0.05, 0) is 58.7 Å². The van der Waals surface area contributed by atoms with Crippen LogP contribution in [-0.2, 0) is 0 Å². The summed E-state index contributed by atoms with van der Waals surface area (Å²) in [5, 5.41) is 10.3. The molecule has 110 valence electrons. The summed E-state index contributed by atoms with van der Waals surface area (Å²) >= 11 is 9.07. The number of carbonyl (C=O) groups excluding carboxylic acids is 1. The van der Waals surface area contributed by atoms with Gasteiger partial charge in [0.2, 0.25) is 0 Å². The summed E-state index contributed by atoms with van der Waals surface area (Å²) in [5.41, 5.74) is 1.44. The van der Waals surface area contributed by atoms with Gasteiger partial charge in [0.05, 0.1) is 10.5 Å². The van der Waals surface area contributed by atoms with Gasteiger partial charge in [-0.25, -0.2) is 0 Å². The minimum Gasteiger partial charge on any atom is -0.507 e. The molecule has 2 aromatic rings. The molecule has 0 radical (unpaired) electrons. The van der Waals surface area contributed by atoms with Gasteiger partial charge in [0.25, 0.3) is 5.91 Å². The van der Waals surface area contributed by atoms with Crippen LogP contribution in [0.2, 0.25) is 5.02 Å². The van der Waals surface area contributed by atoms with Crippen LogP contribution in [0.4, 0.5) is 0 Å². The third kappa shape index (κ3) is 3.57. The molecule has 0 aliphatic carbocycles. The molecule has 5 heteroatoms. The molecule has 0 fully saturated rings. The summed E-state index contributed by atoms with van der Waals surface area (Å²) in [6, 6.07) is 12.1. The Kier molecular flexibility index (Phi) is 4.91. The number of aromatic hydroxyl groups is 1. The van der Waals surface area contributed by atoms with Crippen molar-refractivity contribution in [2.75, 3.05) is 7.05 Å². The summed E-state index contributed by atoms with van der Waals surface area (Å²) in [6.45, 7) is 1.94. The smallest absolute Gasteiger partial charge is 0.254 e. The Hall–Kier alpha value is -1.52. The molecular weight excluding hydrogens is 354 g/mol. The van der Waals surface area contributed by atoms with Crippen LogP contribution in [0, 0.1) is 0 Å². The summed E-state index contributed by atoms with van der Waals surface area (Å²) in [6.07, 6.45) is 0. The minimum absolute atomic E-state index is 0.0494. The lowest BCUT2D eigenvalue weighted by atomic mass is 10.1. The van der Waals surface area contributed by atoms with Crippen LogP contribution in [0.3, 0.4) is 0 Å². The molecule has 0 aliphatic rings. The van der Waals surface area contributed by atoms with E-state index in [2.05, 4.69) is 15.9 Å². The molecule has 2 aromatic carbocycles. The number of amides is 1. The zero-order chi connectivity index (χ0) is 15.6. The van der Waals surface area contributed by atoms with E-state index in [1.54, 1.807) is 36.2 Å². The number of benzene rings is 2. The Bertz CT molecular complexity index is 658. The highest BCUT2D eigenvalue weighted by atomic mass is 79.9. The van der Waals surface area contributed by atoms with E-state index < -0.39 is 0 Å². The first-order chi connectivity index (χ1) is 9.90. The van der Waals surface area contributed by atoms with Gasteiger partial charge < -0.3 is 10.0 Å². The predicted octanol–water partition coefficient (Wildman–Crippen LogP) is 4.64.